The van der Waals surface area contributed by atoms with E-state index in [2.05, 4.69) is 5.32 Å². The number of aryl methyl sites for hydroxylation is 3. The molecule has 0 aliphatic rings. The van der Waals surface area contributed by atoms with Crippen LogP contribution in [-0.2, 0) is 26.2 Å². The molecule has 226 valence electrons. The Bertz CT molecular complexity index is 1550. The van der Waals surface area contributed by atoms with Crippen LogP contribution in [-0.4, -0.2) is 43.3 Å². The number of benzene rings is 3. The fourth-order valence-corrected chi connectivity index (χ4v) is 6.44. The SMILES string of the molecule is CC[C@H](C(=O)NC(C)(C)C)N(Cc1ccc(Cl)c(Cl)c1)C(=O)CN(c1ccc(C)cc1C)S(=O)(=O)c1ccc(C)cc1. The molecule has 0 bridgehead atoms. The minimum absolute atomic E-state index is 0.0249. The van der Waals surface area contributed by atoms with Gasteiger partial charge in [0.25, 0.3) is 10.0 Å². The van der Waals surface area contributed by atoms with Crippen molar-refractivity contribution in [3.05, 3.63) is 93.0 Å². The van der Waals surface area contributed by atoms with E-state index >= 15 is 0 Å². The van der Waals surface area contributed by atoms with Crippen molar-refractivity contribution in [1.29, 1.82) is 0 Å². The lowest BCUT2D eigenvalue weighted by Crippen LogP contribution is -2.55. The molecular weight excluding hydrogens is 593 g/mol. The van der Waals surface area contributed by atoms with E-state index in [0.717, 1.165) is 15.4 Å². The minimum atomic E-state index is -4.15. The van der Waals surface area contributed by atoms with Gasteiger partial charge in [0.15, 0.2) is 0 Å². The highest BCUT2D eigenvalue weighted by molar-refractivity contribution is 7.92. The second-order valence-corrected chi connectivity index (χ2v) is 14.2. The zero-order chi connectivity index (χ0) is 31.4. The van der Waals surface area contributed by atoms with Crippen LogP contribution >= 0.6 is 23.2 Å². The fourth-order valence-electron chi connectivity index (χ4n) is 4.64. The van der Waals surface area contributed by atoms with Gasteiger partial charge in [0.05, 0.1) is 20.6 Å². The quantitative estimate of drug-likeness (QED) is 0.265. The van der Waals surface area contributed by atoms with Crippen LogP contribution in [0.2, 0.25) is 10.0 Å². The molecule has 0 fully saturated rings. The summed E-state index contributed by atoms with van der Waals surface area (Å²) in [5, 5.41) is 3.64. The molecule has 7 nitrogen and oxygen atoms in total. The van der Waals surface area contributed by atoms with Crippen molar-refractivity contribution < 1.29 is 18.0 Å². The zero-order valence-electron chi connectivity index (χ0n) is 25.2. The van der Waals surface area contributed by atoms with E-state index in [0.29, 0.717) is 33.3 Å². The molecule has 0 spiro atoms. The maximum atomic E-state index is 14.2. The number of anilines is 1. The lowest BCUT2D eigenvalue weighted by Gasteiger charge is -2.35. The summed E-state index contributed by atoms with van der Waals surface area (Å²) in [5.74, 6) is -0.870. The van der Waals surface area contributed by atoms with E-state index in [4.69, 9.17) is 23.2 Å². The first-order chi connectivity index (χ1) is 19.5. The molecule has 1 atom stereocenters. The maximum Gasteiger partial charge on any atom is 0.264 e. The largest absolute Gasteiger partial charge is 0.350 e. The highest BCUT2D eigenvalue weighted by atomic mass is 35.5. The molecule has 1 N–H and O–H groups in total. The average Bonchev–Trinajstić information content (AvgIpc) is 2.88. The van der Waals surface area contributed by atoms with E-state index in [1.807, 2.05) is 60.6 Å². The summed E-state index contributed by atoms with van der Waals surface area (Å²) in [7, 11) is -4.15. The third-order valence-electron chi connectivity index (χ3n) is 6.73. The average molecular weight is 633 g/mol. The van der Waals surface area contributed by atoms with Crippen molar-refractivity contribution in [3.8, 4) is 0 Å². The van der Waals surface area contributed by atoms with Crippen LogP contribution < -0.4 is 9.62 Å². The summed E-state index contributed by atoms with van der Waals surface area (Å²) in [6.07, 6.45) is 0.309. The Morgan fingerprint density at radius 2 is 1.50 bits per heavy atom. The Labute approximate surface area is 259 Å². The van der Waals surface area contributed by atoms with Gasteiger partial charge < -0.3 is 10.2 Å². The minimum Gasteiger partial charge on any atom is -0.350 e. The topological polar surface area (TPSA) is 86.8 Å². The number of hydrogen-bond donors (Lipinski definition) is 1. The van der Waals surface area contributed by atoms with Gasteiger partial charge in [-0.05, 0) is 89.4 Å². The molecule has 0 radical (unpaired) electrons. The van der Waals surface area contributed by atoms with E-state index in [1.165, 1.54) is 17.0 Å². The third kappa shape index (κ3) is 8.27. The van der Waals surface area contributed by atoms with Gasteiger partial charge in [0.2, 0.25) is 11.8 Å². The number of amides is 2. The molecule has 3 aromatic carbocycles. The monoisotopic (exact) mass is 631 g/mol. The van der Waals surface area contributed by atoms with Crippen molar-refractivity contribution >= 4 is 50.7 Å². The Hall–Kier alpha value is -3.07. The van der Waals surface area contributed by atoms with Crippen molar-refractivity contribution in [1.82, 2.24) is 10.2 Å². The fraction of sp³-hybridized carbons (Fsp3) is 0.375. The molecule has 0 heterocycles. The van der Waals surface area contributed by atoms with Crippen LogP contribution in [0.5, 0.6) is 0 Å². The maximum absolute atomic E-state index is 14.2. The van der Waals surface area contributed by atoms with Crippen LogP contribution in [0.1, 0.15) is 56.4 Å². The molecule has 3 aromatic rings. The normalized spacial score (nSPS) is 12.5. The third-order valence-corrected chi connectivity index (χ3v) is 9.24. The second-order valence-electron chi connectivity index (χ2n) is 11.5. The Morgan fingerprint density at radius 3 is 2.05 bits per heavy atom. The van der Waals surface area contributed by atoms with E-state index in [9.17, 15) is 18.0 Å². The summed E-state index contributed by atoms with van der Waals surface area (Å²) >= 11 is 12.4. The highest BCUT2D eigenvalue weighted by Gasteiger charge is 2.35. The van der Waals surface area contributed by atoms with Crippen LogP contribution in [0, 0.1) is 20.8 Å². The molecule has 3 rings (SSSR count). The van der Waals surface area contributed by atoms with Crippen LogP contribution in [0.3, 0.4) is 0 Å². The first-order valence-corrected chi connectivity index (χ1v) is 15.9. The lowest BCUT2D eigenvalue weighted by molar-refractivity contribution is -0.141. The molecule has 0 aliphatic heterocycles. The number of hydrogen-bond acceptors (Lipinski definition) is 4. The summed E-state index contributed by atoms with van der Waals surface area (Å²) in [6.45, 7) is 12.5. The highest BCUT2D eigenvalue weighted by Crippen LogP contribution is 2.29. The number of sulfonamides is 1. The van der Waals surface area contributed by atoms with Gasteiger partial charge in [-0.1, -0.05) is 71.6 Å². The van der Waals surface area contributed by atoms with Crippen molar-refractivity contribution in [3.63, 3.8) is 0 Å². The van der Waals surface area contributed by atoms with E-state index in [1.54, 1.807) is 36.4 Å². The summed E-state index contributed by atoms with van der Waals surface area (Å²) in [4.78, 5) is 29.2. The van der Waals surface area contributed by atoms with Crippen LogP contribution in [0.25, 0.3) is 0 Å². The molecule has 0 aliphatic carbocycles. The molecule has 0 saturated carbocycles. The number of nitrogens with zero attached hydrogens (tertiary/aromatic N) is 2. The Kier molecular flexibility index (Phi) is 10.7. The van der Waals surface area contributed by atoms with Gasteiger partial charge >= 0.3 is 0 Å². The van der Waals surface area contributed by atoms with Crippen LogP contribution in [0.4, 0.5) is 5.69 Å². The Morgan fingerprint density at radius 1 is 0.881 bits per heavy atom. The second kappa shape index (κ2) is 13.5. The van der Waals surface area contributed by atoms with Gasteiger partial charge in [0.1, 0.15) is 12.6 Å². The standard InChI is InChI=1S/C32H39Cl2N3O4S/c1-8-28(31(39)35-32(5,6)7)36(19-24-12-15-26(33)27(34)18-24)30(38)20-37(29-16-11-22(3)17-23(29)4)42(40,41)25-13-9-21(2)10-14-25/h9-18,28H,8,19-20H2,1-7H3,(H,35,39)/t28-/m1/s1. The first-order valence-electron chi connectivity index (χ1n) is 13.8. The van der Waals surface area contributed by atoms with E-state index < -0.39 is 34.1 Å². The predicted octanol–water partition coefficient (Wildman–Crippen LogP) is 6.84. The molecule has 0 aromatic heterocycles. The van der Waals surface area contributed by atoms with Crippen molar-refractivity contribution in [2.45, 2.75) is 77.9 Å². The van der Waals surface area contributed by atoms with Gasteiger partial charge in [-0.3, -0.25) is 13.9 Å². The summed E-state index contributed by atoms with van der Waals surface area (Å²) in [6, 6.07) is 16.0. The zero-order valence-corrected chi connectivity index (χ0v) is 27.5. The van der Waals surface area contributed by atoms with Gasteiger partial charge in [-0.15, -0.1) is 0 Å². The lowest BCUT2D eigenvalue weighted by atomic mass is 10.1. The number of nitrogens with one attached hydrogen (secondary N) is 1. The predicted molar refractivity (Wildman–Crippen MR) is 171 cm³/mol. The molecule has 42 heavy (non-hydrogen) atoms. The smallest absolute Gasteiger partial charge is 0.264 e. The molecule has 0 saturated heterocycles. The molecule has 0 unspecified atom stereocenters. The number of carbonyl (C=O) groups excluding carboxylic acids is 2. The van der Waals surface area contributed by atoms with E-state index in [-0.39, 0.29) is 17.3 Å². The number of rotatable bonds is 10. The van der Waals surface area contributed by atoms with Crippen molar-refractivity contribution in [2.75, 3.05) is 10.8 Å². The Balaban J connectivity index is 2.12. The first kappa shape index (κ1) is 33.4. The summed E-state index contributed by atoms with van der Waals surface area (Å²) in [5.41, 5.74) is 3.07. The summed E-state index contributed by atoms with van der Waals surface area (Å²) < 4.78 is 29.3. The molecule has 2 amide bonds. The van der Waals surface area contributed by atoms with Gasteiger partial charge in [0, 0.05) is 12.1 Å². The van der Waals surface area contributed by atoms with Gasteiger partial charge in [-0.2, -0.15) is 0 Å². The molecular formula is C32H39Cl2N3O4S. The number of carbonyl (C=O) groups is 2. The van der Waals surface area contributed by atoms with Crippen LogP contribution in [0.15, 0.2) is 65.6 Å². The van der Waals surface area contributed by atoms with Gasteiger partial charge in [-0.25, -0.2) is 8.42 Å². The van der Waals surface area contributed by atoms with Crippen molar-refractivity contribution in [2.24, 2.45) is 0 Å². The number of halogens is 2. The molecule has 10 heteroatoms.